The third-order valence-electron chi connectivity index (χ3n) is 3.69. The molecule has 106 valence electrons. The molecule has 5 nitrogen and oxygen atoms in total. The molecule has 20 heavy (non-hydrogen) atoms. The van der Waals surface area contributed by atoms with Crippen LogP contribution in [-0.2, 0) is 16.1 Å². The standard InChI is InChI=1S/C14H14BrNO4/c1-7-8(2)13(18)16(12(7)17)6-10-4-3-9(14(19)20)5-11(10)15/h3-5,7-8H,6H2,1-2H3,(H,19,20). The first-order valence-electron chi connectivity index (χ1n) is 6.20. The normalized spacial score (nSPS) is 22.4. The van der Waals surface area contributed by atoms with Crippen molar-refractivity contribution in [2.75, 3.05) is 0 Å². The Labute approximate surface area is 124 Å². The van der Waals surface area contributed by atoms with Crippen molar-refractivity contribution in [1.82, 2.24) is 4.90 Å². The summed E-state index contributed by atoms with van der Waals surface area (Å²) in [5.41, 5.74) is 0.861. The Kier molecular flexibility index (Phi) is 3.94. The van der Waals surface area contributed by atoms with Gasteiger partial charge < -0.3 is 5.11 Å². The minimum atomic E-state index is -1.02. The molecule has 0 saturated carbocycles. The van der Waals surface area contributed by atoms with E-state index < -0.39 is 5.97 Å². The molecule has 1 aromatic rings. The summed E-state index contributed by atoms with van der Waals surface area (Å²) >= 11 is 3.28. The minimum Gasteiger partial charge on any atom is -0.478 e. The number of imide groups is 1. The predicted octanol–water partition coefficient (Wildman–Crippen LogP) is 2.29. The second kappa shape index (κ2) is 5.36. The van der Waals surface area contributed by atoms with Crippen LogP contribution < -0.4 is 0 Å². The van der Waals surface area contributed by atoms with Crippen LogP contribution in [0.4, 0.5) is 0 Å². The highest BCUT2D eigenvalue weighted by Crippen LogP contribution is 2.29. The Morgan fingerprint density at radius 3 is 2.25 bits per heavy atom. The number of nitrogens with zero attached hydrogens (tertiary/aromatic N) is 1. The molecule has 1 aliphatic rings. The van der Waals surface area contributed by atoms with E-state index in [1.54, 1.807) is 19.9 Å². The van der Waals surface area contributed by atoms with E-state index in [9.17, 15) is 14.4 Å². The number of carboxylic acids is 1. The lowest BCUT2D eigenvalue weighted by Crippen LogP contribution is -2.30. The van der Waals surface area contributed by atoms with Gasteiger partial charge in [0.05, 0.1) is 12.1 Å². The van der Waals surface area contributed by atoms with E-state index in [1.165, 1.54) is 17.0 Å². The summed E-state index contributed by atoms with van der Waals surface area (Å²) < 4.78 is 0.574. The van der Waals surface area contributed by atoms with Gasteiger partial charge in [-0.2, -0.15) is 0 Å². The van der Waals surface area contributed by atoms with Crippen molar-refractivity contribution in [2.24, 2.45) is 11.8 Å². The second-order valence-electron chi connectivity index (χ2n) is 4.95. The molecule has 0 bridgehead atoms. The zero-order valence-electron chi connectivity index (χ0n) is 11.1. The number of rotatable bonds is 3. The summed E-state index contributed by atoms with van der Waals surface area (Å²) in [5, 5.41) is 8.90. The minimum absolute atomic E-state index is 0.154. The Balaban J connectivity index is 2.25. The van der Waals surface area contributed by atoms with E-state index in [2.05, 4.69) is 15.9 Å². The second-order valence-corrected chi connectivity index (χ2v) is 5.81. The highest BCUT2D eigenvalue weighted by molar-refractivity contribution is 9.10. The van der Waals surface area contributed by atoms with Crippen molar-refractivity contribution in [1.29, 1.82) is 0 Å². The van der Waals surface area contributed by atoms with E-state index in [0.29, 0.717) is 10.0 Å². The Hall–Kier alpha value is -1.69. The van der Waals surface area contributed by atoms with Gasteiger partial charge in [0.2, 0.25) is 11.8 Å². The molecular weight excluding hydrogens is 326 g/mol. The van der Waals surface area contributed by atoms with Gasteiger partial charge in [0.15, 0.2) is 0 Å². The van der Waals surface area contributed by atoms with Crippen LogP contribution in [0.2, 0.25) is 0 Å². The number of benzene rings is 1. The lowest BCUT2D eigenvalue weighted by atomic mass is 10.00. The summed E-state index contributed by atoms with van der Waals surface area (Å²) in [5.74, 6) is -2.00. The highest BCUT2D eigenvalue weighted by Gasteiger charge is 2.42. The fourth-order valence-corrected chi connectivity index (χ4v) is 2.67. The molecule has 1 heterocycles. The molecule has 1 aromatic carbocycles. The number of aromatic carboxylic acids is 1. The largest absolute Gasteiger partial charge is 0.478 e. The van der Waals surface area contributed by atoms with Crippen LogP contribution in [0.5, 0.6) is 0 Å². The summed E-state index contributed by atoms with van der Waals surface area (Å²) in [6, 6.07) is 4.54. The van der Waals surface area contributed by atoms with Crippen LogP contribution in [0.1, 0.15) is 29.8 Å². The van der Waals surface area contributed by atoms with Gasteiger partial charge in [-0.15, -0.1) is 0 Å². The highest BCUT2D eigenvalue weighted by atomic mass is 79.9. The Morgan fingerprint density at radius 2 is 1.80 bits per heavy atom. The first-order chi connectivity index (χ1) is 9.32. The van der Waals surface area contributed by atoms with Crippen molar-refractivity contribution < 1.29 is 19.5 Å². The lowest BCUT2D eigenvalue weighted by molar-refractivity contribution is -0.140. The molecule has 2 rings (SSSR count). The first-order valence-corrected chi connectivity index (χ1v) is 6.99. The van der Waals surface area contributed by atoms with Crippen LogP contribution in [-0.4, -0.2) is 27.8 Å². The fraction of sp³-hybridized carbons (Fsp3) is 0.357. The van der Waals surface area contributed by atoms with Crippen LogP contribution in [0.3, 0.4) is 0 Å². The Morgan fingerprint density at radius 1 is 1.25 bits per heavy atom. The molecule has 1 saturated heterocycles. The van der Waals surface area contributed by atoms with E-state index in [0.717, 1.165) is 0 Å². The van der Waals surface area contributed by atoms with Crippen molar-refractivity contribution in [3.63, 3.8) is 0 Å². The number of hydrogen-bond donors (Lipinski definition) is 1. The third kappa shape index (κ3) is 2.47. The van der Waals surface area contributed by atoms with E-state index in [-0.39, 0.29) is 35.8 Å². The van der Waals surface area contributed by atoms with Gasteiger partial charge in [-0.3, -0.25) is 14.5 Å². The lowest BCUT2D eigenvalue weighted by Gasteiger charge is -2.16. The van der Waals surface area contributed by atoms with Crippen LogP contribution in [0, 0.1) is 11.8 Å². The fourth-order valence-electron chi connectivity index (χ4n) is 2.16. The number of halogens is 1. The maximum Gasteiger partial charge on any atom is 0.335 e. The number of carbonyl (C=O) groups is 3. The van der Waals surface area contributed by atoms with Crippen LogP contribution in [0.25, 0.3) is 0 Å². The summed E-state index contributed by atoms with van der Waals surface area (Å²) in [6.45, 7) is 3.65. The summed E-state index contributed by atoms with van der Waals surface area (Å²) in [4.78, 5) is 36.1. The van der Waals surface area contributed by atoms with Crippen LogP contribution >= 0.6 is 15.9 Å². The summed E-state index contributed by atoms with van der Waals surface area (Å²) in [7, 11) is 0. The topological polar surface area (TPSA) is 74.7 Å². The molecule has 0 radical (unpaired) electrons. The van der Waals surface area contributed by atoms with Gasteiger partial charge in [0.1, 0.15) is 0 Å². The smallest absolute Gasteiger partial charge is 0.335 e. The molecule has 0 aliphatic carbocycles. The molecule has 0 aromatic heterocycles. The average Bonchev–Trinajstić information content (AvgIpc) is 2.58. The van der Waals surface area contributed by atoms with E-state index in [4.69, 9.17) is 5.11 Å². The molecule has 6 heteroatoms. The third-order valence-corrected chi connectivity index (χ3v) is 4.43. The van der Waals surface area contributed by atoms with Gasteiger partial charge in [-0.1, -0.05) is 35.8 Å². The van der Waals surface area contributed by atoms with Crippen molar-refractivity contribution in [2.45, 2.75) is 20.4 Å². The molecule has 1 aliphatic heterocycles. The molecule has 2 atom stereocenters. The monoisotopic (exact) mass is 339 g/mol. The van der Waals surface area contributed by atoms with Gasteiger partial charge in [0.25, 0.3) is 0 Å². The maximum atomic E-state index is 12.0. The molecule has 1 N–H and O–H groups in total. The number of carboxylic acid groups (broad SMARTS) is 1. The van der Waals surface area contributed by atoms with Crippen LogP contribution in [0.15, 0.2) is 22.7 Å². The Bertz CT molecular complexity index is 579. The van der Waals surface area contributed by atoms with Crippen molar-refractivity contribution in [3.05, 3.63) is 33.8 Å². The quantitative estimate of drug-likeness (QED) is 0.857. The number of amides is 2. The maximum absolute atomic E-state index is 12.0. The number of likely N-dealkylation sites (tertiary alicyclic amines) is 1. The number of hydrogen-bond acceptors (Lipinski definition) is 3. The molecule has 1 fully saturated rings. The number of carbonyl (C=O) groups excluding carboxylic acids is 2. The van der Waals surface area contributed by atoms with Gasteiger partial charge in [-0.25, -0.2) is 4.79 Å². The van der Waals surface area contributed by atoms with Gasteiger partial charge >= 0.3 is 5.97 Å². The van der Waals surface area contributed by atoms with E-state index in [1.807, 2.05) is 0 Å². The van der Waals surface area contributed by atoms with Crippen molar-refractivity contribution >= 4 is 33.7 Å². The SMILES string of the molecule is CC1C(=O)N(Cc2ccc(C(=O)O)cc2Br)C(=O)C1C. The first kappa shape index (κ1) is 14.7. The molecule has 2 amide bonds. The summed E-state index contributed by atoms with van der Waals surface area (Å²) in [6.07, 6.45) is 0. The molecular formula is C14H14BrNO4. The average molecular weight is 340 g/mol. The van der Waals surface area contributed by atoms with Crippen molar-refractivity contribution in [3.8, 4) is 0 Å². The zero-order chi connectivity index (χ0) is 15.0. The van der Waals surface area contributed by atoms with E-state index >= 15 is 0 Å². The molecule has 0 spiro atoms. The zero-order valence-corrected chi connectivity index (χ0v) is 12.7. The molecule has 2 unspecified atom stereocenters. The van der Waals surface area contributed by atoms with Gasteiger partial charge in [0, 0.05) is 16.3 Å². The van der Waals surface area contributed by atoms with Gasteiger partial charge in [-0.05, 0) is 17.7 Å². The predicted molar refractivity (Wildman–Crippen MR) is 75.0 cm³/mol.